The largest absolute Gasteiger partial charge is 0.382 e. The lowest BCUT2D eigenvalue weighted by atomic mass is 10.1. The molecule has 2 N–H and O–H groups in total. The third-order valence-corrected chi connectivity index (χ3v) is 3.02. The topological polar surface area (TPSA) is 46.3 Å². The Morgan fingerprint density at radius 1 is 1.16 bits per heavy atom. The van der Waals surface area contributed by atoms with E-state index < -0.39 is 0 Å². The van der Waals surface area contributed by atoms with Crippen molar-refractivity contribution in [2.45, 2.75) is 13.0 Å². The van der Waals surface area contributed by atoms with Crippen LogP contribution in [0, 0.1) is 0 Å². The maximum Gasteiger partial charge on any atom is 0.0700 e. The van der Waals surface area contributed by atoms with Crippen LogP contribution in [0.15, 0.2) is 30.5 Å². The molecule has 1 aromatic carbocycles. The van der Waals surface area contributed by atoms with Gasteiger partial charge in [0, 0.05) is 32.0 Å². The summed E-state index contributed by atoms with van der Waals surface area (Å²) in [6, 6.07) is 8.59. The van der Waals surface area contributed by atoms with Gasteiger partial charge in [0.2, 0.25) is 0 Å². The number of methoxy groups -OCH3 is 1. The Kier molecular flexibility index (Phi) is 5.88. The first-order valence-electron chi connectivity index (χ1n) is 6.73. The van der Waals surface area contributed by atoms with E-state index in [-0.39, 0.29) is 0 Å². The number of benzene rings is 1. The number of rotatable bonds is 9. The first-order chi connectivity index (χ1) is 9.40. The molecule has 1 heterocycles. The van der Waals surface area contributed by atoms with Crippen molar-refractivity contribution in [3.8, 4) is 0 Å². The Labute approximate surface area is 114 Å². The van der Waals surface area contributed by atoms with Crippen LogP contribution in [0.5, 0.6) is 0 Å². The maximum atomic E-state index is 5.40. The monoisotopic (exact) mass is 262 g/mol. The van der Waals surface area contributed by atoms with Gasteiger partial charge in [-0.15, -0.1) is 0 Å². The molecule has 4 nitrogen and oxygen atoms in total. The highest BCUT2D eigenvalue weighted by Crippen LogP contribution is 2.13. The van der Waals surface area contributed by atoms with E-state index in [1.165, 1.54) is 16.5 Å². The molecule has 0 amide bonds. The predicted octanol–water partition coefficient (Wildman–Crippen LogP) is 2.31. The summed E-state index contributed by atoms with van der Waals surface area (Å²) in [6.45, 7) is 4.01. The van der Waals surface area contributed by atoms with Crippen LogP contribution >= 0.6 is 0 Å². The van der Waals surface area contributed by atoms with Crippen molar-refractivity contribution in [2.75, 3.05) is 33.5 Å². The number of H-pyrrole nitrogens is 1. The van der Waals surface area contributed by atoms with Gasteiger partial charge in [-0.3, -0.25) is 0 Å². The average molecular weight is 262 g/mol. The number of fused-ring (bicyclic) bond motifs is 1. The standard InChI is InChI=1S/C15H22N2O2/c1-18-9-10-19-8-2-6-16-12-13-3-4-15-14(11-13)5-7-17-15/h3-5,7,11,16-17H,2,6,8-10,12H2,1H3. The molecule has 0 aliphatic heterocycles. The van der Waals surface area contributed by atoms with E-state index in [2.05, 4.69) is 34.6 Å². The van der Waals surface area contributed by atoms with Crippen LogP contribution in [-0.4, -0.2) is 38.5 Å². The van der Waals surface area contributed by atoms with Crippen molar-refractivity contribution in [3.05, 3.63) is 36.0 Å². The van der Waals surface area contributed by atoms with Gasteiger partial charge in [0.05, 0.1) is 13.2 Å². The molecule has 0 unspecified atom stereocenters. The second-order valence-electron chi connectivity index (χ2n) is 4.53. The average Bonchev–Trinajstić information content (AvgIpc) is 2.89. The Balaban J connectivity index is 1.60. The fraction of sp³-hybridized carbons (Fsp3) is 0.467. The first kappa shape index (κ1) is 14.1. The molecular weight excluding hydrogens is 240 g/mol. The molecule has 0 atom stereocenters. The summed E-state index contributed by atoms with van der Waals surface area (Å²) in [5.41, 5.74) is 2.50. The van der Waals surface area contributed by atoms with Crippen LogP contribution in [0.3, 0.4) is 0 Å². The molecule has 0 saturated heterocycles. The van der Waals surface area contributed by atoms with E-state index in [1.807, 2.05) is 6.20 Å². The minimum Gasteiger partial charge on any atom is -0.382 e. The minimum atomic E-state index is 0.671. The van der Waals surface area contributed by atoms with Gasteiger partial charge in [0.1, 0.15) is 0 Å². The number of hydrogen-bond acceptors (Lipinski definition) is 3. The normalized spacial score (nSPS) is 11.2. The summed E-state index contributed by atoms with van der Waals surface area (Å²) < 4.78 is 10.3. The lowest BCUT2D eigenvalue weighted by molar-refractivity contribution is 0.0695. The van der Waals surface area contributed by atoms with E-state index in [1.54, 1.807) is 7.11 Å². The van der Waals surface area contributed by atoms with E-state index >= 15 is 0 Å². The third-order valence-electron chi connectivity index (χ3n) is 3.02. The van der Waals surface area contributed by atoms with Crippen LogP contribution < -0.4 is 5.32 Å². The molecule has 0 aliphatic carbocycles. The summed E-state index contributed by atoms with van der Waals surface area (Å²) in [4.78, 5) is 3.20. The first-order valence-corrected chi connectivity index (χ1v) is 6.73. The second-order valence-corrected chi connectivity index (χ2v) is 4.53. The zero-order valence-corrected chi connectivity index (χ0v) is 11.4. The second kappa shape index (κ2) is 7.94. The molecule has 0 fully saturated rings. The quantitative estimate of drug-likeness (QED) is 0.682. The fourth-order valence-corrected chi connectivity index (χ4v) is 1.99. The van der Waals surface area contributed by atoms with Crippen LogP contribution in [0.4, 0.5) is 0 Å². The highest BCUT2D eigenvalue weighted by atomic mass is 16.5. The number of nitrogens with one attached hydrogen (secondary N) is 2. The van der Waals surface area contributed by atoms with Gasteiger partial charge in [0.15, 0.2) is 0 Å². The molecule has 0 spiro atoms. The molecule has 1 aromatic heterocycles. The molecule has 0 saturated carbocycles. The summed E-state index contributed by atoms with van der Waals surface area (Å²) in [5.74, 6) is 0. The van der Waals surface area contributed by atoms with E-state index in [0.29, 0.717) is 13.2 Å². The molecule has 104 valence electrons. The van der Waals surface area contributed by atoms with E-state index in [9.17, 15) is 0 Å². The van der Waals surface area contributed by atoms with Crippen molar-refractivity contribution in [3.63, 3.8) is 0 Å². The van der Waals surface area contributed by atoms with E-state index in [0.717, 1.165) is 26.1 Å². The maximum absolute atomic E-state index is 5.40. The lowest BCUT2D eigenvalue weighted by Gasteiger charge is -2.06. The van der Waals surface area contributed by atoms with Gasteiger partial charge < -0.3 is 19.8 Å². The summed E-state index contributed by atoms with van der Waals surface area (Å²) in [5, 5.41) is 4.69. The van der Waals surface area contributed by atoms with E-state index in [4.69, 9.17) is 9.47 Å². The minimum absolute atomic E-state index is 0.671. The molecule has 2 aromatic rings. The highest BCUT2D eigenvalue weighted by Gasteiger charge is 1.97. The summed E-state index contributed by atoms with van der Waals surface area (Å²) in [7, 11) is 1.69. The number of hydrogen-bond donors (Lipinski definition) is 2. The third kappa shape index (κ3) is 4.67. The lowest BCUT2D eigenvalue weighted by Crippen LogP contribution is -2.16. The van der Waals surface area contributed by atoms with Gasteiger partial charge in [-0.2, -0.15) is 0 Å². The SMILES string of the molecule is COCCOCCCNCc1ccc2[nH]ccc2c1. The van der Waals surface area contributed by atoms with Gasteiger partial charge >= 0.3 is 0 Å². The van der Waals surface area contributed by atoms with Crippen molar-refractivity contribution >= 4 is 10.9 Å². The highest BCUT2D eigenvalue weighted by molar-refractivity contribution is 5.79. The summed E-state index contributed by atoms with van der Waals surface area (Å²) in [6.07, 6.45) is 3.00. The number of ether oxygens (including phenoxy) is 2. The Hall–Kier alpha value is -1.36. The molecule has 0 radical (unpaired) electrons. The van der Waals surface area contributed by atoms with Crippen LogP contribution in [0.25, 0.3) is 10.9 Å². The van der Waals surface area contributed by atoms with Gasteiger partial charge in [0.25, 0.3) is 0 Å². The van der Waals surface area contributed by atoms with Crippen LogP contribution in [-0.2, 0) is 16.0 Å². The van der Waals surface area contributed by atoms with Gasteiger partial charge in [-0.1, -0.05) is 6.07 Å². The van der Waals surface area contributed by atoms with Crippen molar-refractivity contribution < 1.29 is 9.47 Å². The zero-order chi connectivity index (χ0) is 13.3. The number of aromatic nitrogens is 1. The van der Waals surface area contributed by atoms with Crippen LogP contribution in [0.2, 0.25) is 0 Å². The van der Waals surface area contributed by atoms with Gasteiger partial charge in [-0.05, 0) is 42.1 Å². The molecule has 2 rings (SSSR count). The Bertz CT molecular complexity index is 482. The fourth-order valence-electron chi connectivity index (χ4n) is 1.99. The molecule has 19 heavy (non-hydrogen) atoms. The number of aromatic amines is 1. The molecule has 0 bridgehead atoms. The molecular formula is C15H22N2O2. The van der Waals surface area contributed by atoms with Crippen LogP contribution in [0.1, 0.15) is 12.0 Å². The van der Waals surface area contributed by atoms with Gasteiger partial charge in [-0.25, -0.2) is 0 Å². The van der Waals surface area contributed by atoms with Crippen molar-refractivity contribution in [1.29, 1.82) is 0 Å². The summed E-state index contributed by atoms with van der Waals surface area (Å²) >= 11 is 0. The smallest absolute Gasteiger partial charge is 0.0700 e. The van der Waals surface area contributed by atoms with Crippen molar-refractivity contribution in [2.24, 2.45) is 0 Å². The molecule has 4 heteroatoms. The Morgan fingerprint density at radius 3 is 3.00 bits per heavy atom. The zero-order valence-electron chi connectivity index (χ0n) is 11.4. The molecule has 0 aliphatic rings. The predicted molar refractivity (Wildman–Crippen MR) is 77.3 cm³/mol. The van der Waals surface area contributed by atoms with Crippen molar-refractivity contribution in [1.82, 2.24) is 10.3 Å². The Morgan fingerprint density at radius 2 is 2.11 bits per heavy atom.